The predicted octanol–water partition coefficient (Wildman–Crippen LogP) is 0.688. The first-order valence-electron chi connectivity index (χ1n) is 15.2. The number of aliphatic imine (C=N–C) groups is 1. The molecule has 13 nitrogen and oxygen atoms in total. The molecular weight excluding hydrogens is 600 g/mol. The molecule has 0 spiro atoms. The molecule has 0 unspecified atom stereocenters. The van der Waals surface area contributed by atoms with E-state index in [0.29, 0.717) is 41.8 Å². The fourth-order valence-corrected chi connectivity index (χ4v) is 4.83. The number of nitrogens with two attached hydrogens (primary N) is 4. The summed E-state index contributed by atoms with van der Waals surface area (Å²) in [5.74, 6) is -2.63. The van der Waals surface area contributed by atoms with Crippen LogP contribution in [0.4, 0.5) is 5.69 Å². The van der Waals surface area contributed by atoms with Crippen molar-refractivity contribution in [3.05, 3.63) is 101 Å². The fourth-order valence-electron chi connectivity index (χ4n) is 4.83. The van der Waals surface area contributed by atoms with E-state index in [9.17, 15) is 24.0 Å². The number of rotatable bonds is 17. The molecule has 0 aromatic heterocycles. The van der Waals surface area contributed by atoms with Crippen molar-refractivity contribution in [2.75, 3.05) is 12.3 Å². The van der Waals surface area contributed by atoms with E-state index < -0.39 is 41.8 Å². The molecule has 0 saturated heterocycles. The molecule has 3 aromatic carbocycles. The number of primary amides is 1. The molecule has 3 aromatic rings. The molecule has 11 N–H and O–H groups in total. The van der Waals surface area contributed by atoms with Crippen LogP contribution in [0.3, 0.4) is 0 Å². The molecule has 3 atom stereocenters. The summed E-state index contributed by atoms with van der Waals surface area (Å²) in [6.45, 7) is 1.60. The lowest BCUT2D eigenvalue weighted by Gasteiger charge is -2.25. The number of nitrogen functional groups attached to an aromatic ring is 1. The summed E-state index contributed by atoms with van der Waals surface area (Å²) in [4.78, 5) is 68.1. The second-order valence-electron chi connectivity index (χ2n) is 11.1. The van der Waals surface area contributed by atoms with E-state index in [4.69, 9.17) is 22.9 Å². The molecule has 0 aliphatic carbocycles. The first-order valence-corrected chi connectivity index (χ1v) is 15.2. The quantitative estimate of drug-likeness (QED) is 0.0363. The Hall–Kier alpha value is -5.72. The van der Waals surface area contributed by atoms with Crippen molar-refractivity contribution in [3.63, 3.8) is 0 Å². The molecule has 13 heteroatoms. The smallest absolute Gasteiger partial charge is 0.243 e. The van der Waals surface area contributed by atoms with Crippen LogP contribution >= 0.6 is 0 Å². The zero-order valence-electron chi connectivity index (χ0n) is 26.3. The van der Waals surface area contributed by atoms with Gasteiger partial charge in [0.2, 0.25) is 23.6 Å². The summed E-state index contributed by atoms with van der Waals surface area (Å²) in [7, 11) is 0. The number of hydrogen-bond donors (Lipinski definition) is 7. The normalized spacial score (nSPS) is 12.5. The Kier molecular flexibility index (Phi) is 13.5. The maximum atomic E-state index is 13.6. The highest BCUT2D eigenvalue weighted by molar-refractivity contribution is 6.09. The minimum atomic E-state index is -1.07. The van der Waals surface area contributed by atoms with Crippen LogP contribution in [0.15, 0.2) is 83.9 Å². The SMILES string of the molecule is CC(=O)N[C@@H](Cc1ccc(C(=O)c2ccccc2)cc1)C(=O)N[C@@H](CCCCN=C(N)N)C(=O)N[C@@H](Cc1ccc(N)cc1)C(N)=O. The molecule has 47 heavy (non-hydrogen) atoms. The molecule has 248 valence electrons. The molecule has 0 radical (unpaired) electrons. The van der Waals surface area contributed by atoms with Gasteiger partial charge in [-0.05, 0) is 42.5 Å². The van der Waals surface area contributed by atoms with Gasteiger partial charge in [0.25, 0.3) is 0 Å². The van der Waals surface area contributed by atoms with Gasteiger partial charge in [-0.1, -0.05) is 66.7 Å². The van der Waals surface area contributed by atoms with Crippen molar-refractivity contribution in [1.29, 1.82) is 0 Å². The van der Waals surface area contributed by atoms with Gasteiger partial charge in [-0.15, -0.1) is 0 Å². The Balaban J connectivity index is 1.75. The van der Waals surface area contributed by atoms with Gasteiger partial charge in [0, 0.05) is 43.1 Å². The maximum Gasteiger partial charge on any atom is 0.243 e. The van der Waals surface area contributed by atoms with Crippen molar-refractivity contribution >= 4 is 41.1 Å². The Morgan fingerprint density at radius 2 is 1.19 bits per heavy atom. The van der Waals surface area contributed by atoms with Crippen molar-refractivity contribution in [2.24, 2.45) is 22.2 Å². The third-order valence-corrected chi connectivity index (χ3v) is 7.29. The molecule has 0 heterocycles. The van der Waals surface area contributed by atoms with Gasteiger partial charge in [-0.2, -0.15) is 0 Å². The number of guanidine groups is 1. The zero-order chi connectivity index (χ0) is 34.3. The molecule has 0 bridgehead atoms. The van der Waals surface area contributed by atoms with Crippen LogP contribution in [-0.4, -0.2) is 60.0 Å². The summed E-state index contributed by atoms with van der Waals surface area (Å²) in [6.07, 6.45) is 1.37. The van der Waals surface area contributed by atoms with E-state index in [1.807, 2.05) is 6.07 Å². The molecule has 0 fully saturated rings. The van der Waals surface area contributed by atoms with Gasteiger partial charge in [-0.25, -0.2) is 0 Å². The standard InChI is InChI=1S/C34H42N8O5/c1-21(43)40-29(20-22-10-14-25(15-11-22)30(44)24-7-3-2-4-8-24)33(47)41-27(9-5-6-18-39-34(37)38)32(46)42-28(31(36)45)19-23-12-16-26(35)17-13-23/h2-4,7-8,10-17,27-29H,5-6,9,18-20,35H2,1H3,(H2,36,45)(H,40,43)(H,41,47)(H,42,46)(H4,37,38,39)/t27-,28-,29-/m0/s1. The van der Waals surface area contributed by atoms with Crippen LogP contribution in [0.1, 0.15) is 53.2 Å². The van der Waals surface area contributed by atoms with Gasteiger partial charge in [0.15, 0.2) is 11.7 Å². The van der Waals surface area contributed by atoms with Crippen LogP contribution in [0.5, 0.6) is 0 Å². The molecular formula is C34H42N8O5. The number of hydrogen-bond acceptors (Lipinski definition) is 7. The first-order chi connectivity index (χ1) is 22.4. The van der Waals surface area contributed by atoms with Crippen molar-refractivity contribution in [2.45, 2.75) is 57.2 Å². The number of benzene rings is 3. The van der Waals surface area contributed by atoms with Gasteiger partial charge in [-0.3, -0.25) is 29.0 Å². The second kappa shape index (κ2) is 17.7. The van der Waals surface area contributed by atoms with E-state index in [2.05, 4.69) is 20.9 Å². The minimum absolute atomic E-state index is 0.0600. The van der Waals surface area contributed by atoms with E-state index in [-0.39, 0.29) is 31.0 Å². The maximum absolute atomic E-state index is 13.6. The Morgan fingerprint density at radius 3 is 1.77 bits per heavy atom. The first kappa shape index (κ1) is 35.8. The highest BCUT2D eigenvalue weighted by Crippen LogP contribution is 2.14. The molecule has 0 saturated carbocycles. The Morgan fingerprint density at radius 1 is 0.660 bits per heavy atom. The topological polar surface area (TPSA) is 238 Å². The van der Waals surface area contributed by atoms with Crippen LogP contribution < -0.4 is 38.9 Å². The number of anilines is 1. The fraction of sp³-hybridized carbons (Fsp3) is 0.294. The Labute approximate surface area is 273 Å². The van der Waals surface area contributed by atoms with E-state index >= 15 is 0 Å². The number of amides is 4. The third kappa shape index (κ3) is 12.0. The number of unbranched alkanes of at least 4 members (excludes halogenated alkanes) is 1. The number of nitrogens with one attached hydrogen (secondary N) is 3. The number of nitrogens with zero attached hydrogens (tertiary/aromatic N) is 1. The summed E-state index contributed by atoms with van der Waals surface area (Å²) in [6, 6.07) is 19.2. The van der Waals surface area contributed by atoms with Crippen molar-refractivity contribution < 1.29 is 24.0 Å². The van der Waals surface area contributed by atoms with Crippen molar-refractivity contribution in [3.8, 4) is 0 Å². The average molecular weight is 643 g/mol. The zero-order valence-corrected chi connectivity index (χ0v) is 26.3. The summed E-state index contributed by atoms with van der Waals surface area (Å²) < 4.78 is 0. The number of carbonyl (C=O) groups is 5. The largest absolute Gasteiger partial charge is 0.399 e. The summed E-state index contributed by atoms with van der Waals surface area (Å²) in [5, 5.41) is 8.03. The Bertz CT molecular complexity index is 1560. The second-order valence-corrected chi connectivity index (χ2v) is 11.1. The molecule has 3 rings (SSSR count). The highest BCUT2D eigenvalue weighted by atomic mass is 16.2. The third-order valence-electron chi connectivity index (χ3n) is 7.29. The van der Waals surface area contributed by atoms with Crippen LogP contribution in [0.2, 0.25) is 0 Å². The summed E-state index contributed by atoms with van der Waals surface area (Å²) in [5.41, 5.74) is 25.1. The number of ketones is 1. The average Bonchev–Trinajstić information content (AvgIpc) is 3.04. The van der Waals surface area contributed by atoms with Crippen LogP contribution in [0, 0.1) is 0 Å². The van der Waals surface area contributed by atoms with E-state index in [1.54, 1.807) is 72.8 Å². The minimum Gasteiger partial charge on any atom is -0.399 e. The van der Waals surface area contributed by atoms with Crippen molar-refractivity contribution in [1.82, 2.24) is 16.0 Å². The molecule has 0 aliphatic heterocycles. The summed E-state index contributed by atoms with van der Waals surface area (Å²) >= 11 is 0. The van der Waals surface area contributed by atoms with E-state index in [0.717, 1.165) is 5.56 Å². The lowest BCUT2D eigenvalue weighted by molar-refractivity contribution is -0.133. The van der Waals surface area contributed by atoms with Crippen LogP contribution in [0.25, 0.3) is 0 Å². The lowest BCUT2D eigenvalue weighted by Crippen LogP contribution is -2.57. The highest BCUT2D eigenvalue weighted by Gasteiger charge is 2.29. The molecule has 4 amide bonds. The molecule has 0 aliphatic rings. The van der Waals surface area contributed by atoms with Gasteiger partial charge in [0.05, 0.1) is 0 Å². The lowest BCUT2D eigenvalue weighted by atomic mass is 9.99. The number of carbonyl (C=O) groups excluding carboxylic acids is 5. The van der Waals surface area contributed by atoms with Crippen LogP contribution in [-0.2, 0) is 32.0 Å². The van der Waals surface area contributed by atoms with Gasteiger partial charge >= 0.3 is 0 Å². The van der Waals surface area contributed by atoms with E-state index in [1.165, 1.54) is 6.92 Å². The van der Waals surface area contributed by atoms with Gasteiger partial charge in [0.1, 0.15) is 18.1 Å². The monoisotopic (exact) mass is 642 g/mol. The predicted molar refractivity (Wildman–Crippen MR) is 180 cm³/mol. The van der Waals surface area contributed by atoms with Gasteiger partial charge < -0.3 is 38.9 Å².